The Bertz CT molecular complexity index is 541. The van der Waals surface area contributed by atoms with Crippen molar-refractivity contribution in [2.24, 2.45) is 0 Å². The van der Waals surface area contributed by atoms with Gasteiger partial charge in [-0.2, -0.15) is 0 Å². The molecule has 1 heteroatoms. The number of aryl methyl sites for hydroxylation is 1. The maximum atomic E-state index is 2.26. The molecule has 0 amide bonds. The Morgan fingerprint density at radius 2 is 1.61 bits per heavy atom. The molecule has 18 heavy (non-hydrogen) atoms. The Morgan fingerprint density at radius 1 is 0.944 bits per heavy atom. The Balaban J connectivity index is 2.36. The lowest BCUT2D eigenvalue weighted by atomic mass is 9.80. The van der Waals surface area contributed by atoms with E-state index in [1.54, 1.807) is 0 Å². The Kier molecular flexibility index (Phi) is 3.91. The van der Waals surface area contributed by atoms with Crippen molar-refractivity contribution >= 4 is 13.3 Å². The molecule has 0 aromatic heterocycles. The fraction of sp³-hybridized carbons (Fsp3) is 0.294. The SMILES string of the molecule is Bc1c(Cc2ccccc2C)cccc1C(C)C. The largest absolute Gasteiger partial charge is 0.140 e. The summed E-state index contributed by atoms with van der Waals surface area (Å²) in [6.07, 6.45) is 1.04. The van der Waals surface area contributed by atoms with Crippen LogP contribution in [-0.2, 0) is 6.42 Å². The van der Waals surface area contributed by atoms with Crippen molar-refractivity contribution in [2.45, 2.75) is 33.1 Å². The molecule has 2 aromatic rings. The molecule has 0 atom stereocenters. The van der Waals surface area contributed by atoms with Gasteiger partial charge in [0.1, 0.15) is 7.85 Å². The van der Waals surface area contributed by atoms with Crippen LogP contribution in [-0.4, -0.2) is 7.85 Å². The summed E-state index contributed by atoms with van der Waals surface area (Å²) in [5.74, 6) is 0.599. The zero-order valence-corrected chi connectivity index (χ0v) is 11.8. The van der Waals surface area contributed by atoms with Crippen LogP contribution >= 0.6 is 0 Å². The van der Waals surface area contributed by atoms with Gasteiger partial charge in [-0.15, -0.1) is 0 Å². The predicted octanol–water partition coefficient (Wildman–Crippen LogP) is 2.97. The third-order valence-electron chi connectivity index (χ3n) is 3.75. The first-order chi connectivity index (χ1) is 8.59. The molecule has 0 nitrogen and oxygen atoms in total. The topological polar surface area (TPSA) is 0 Å². The van der Waals surface area contributed by atoms with Gasteiger partial charge in [-0.1, -0.05) is 67.3 Å². The molecule has 0 saturated heterocycles. The second-order valence-corrected chi connectivity index (χ2v) is 5.39. The van der Waals surface area contributed by atoms with Gasteiger partial charge in [0.15, 0.2) is 0 Å². The van der Waals surface area contributed by atoms with Crippen LogP contribution < -0.4 is 5.46 Å². The van der Waals surface area contributed by atoms with Crippen LogP contribution in [0.3, 0.4) is 0 Å². The highest BCUT2D eigenvalue weighted by molar-refractivity contribution is 6.34. The van der Waals surface area contributed by atoms with E-state index < -0.39 is 0 Å². The summed E-state index contributed by atoms with van der Waals surface area (Å²) < 4.78 is 0. The van der Waals surface area contributed by atoms with Crippen LogP contribution in [0.4, 0.5) is 0 Å². The van der Waals surface area contributed by atoms with Crippen molar-refractivity contribution in [3.63, 3.8) is 0 Å². The summed E-state index contributed by atoms with van der Waals surface area (Å²) >= 11 is 0. The molecular formula is C17H21B. The molecule has 0 heterocycles. The molecule has 0 saturated carbocycles. The summed E-state index contributed by atoms with van der Waals surface area (Å²) in [5, 5.41) is 0. The highest BCUT2D eigenvalue weighted by atomic mass is 14.1. The first kappa shape index (κ1) is 12.9. The monoisotopic (exact) mass is 236 g/mol. The summed E-state index contributed by atoms with van der Waals surface area (Å²) in [6.45, 7) is 6.72. The van der Waals surface area contributed by atoms with Crippen molar-refractivity contribution in [1.29, 1.82) is 0 Å². The number of hydrogen-bond acceptors (Lipinski definition) is 0. The number of hydrogen-bond donors (Lipinski definition) is 0. The van der Waals surface area contributed by atoms with Crippen molar-refractivity contribution in [3.8, 4) is 0 Å². The number of benzene rings is 2. The lowest BCUT2D eigenvalue weighted by Gasteiger charge is -2.15. The molecule has 0 fully saturated rings. The molecule has 0 radical (unpaired) electrons. The van der Waals surface area contributed by atoms with Gasteiger partial charge in [0.25, 0.3) is 0 Å². The van der Waals surface area contributed by atoms with Gasteiger partial charge >= 0.3 is 0 Å². The van der Waals surface area contributed by atoms with Gasteiger partial charge in [-0.25, -0.2) is 0 Å². The summed E-state index contributed by atoms with van der Waals surface area (Å²) in [7, 11) is 2.25. The zero-order valence-electron chi connectivity index (χ0n) is 11.8. The second kappa shape index (κ2) is 5.43. The van der Waals surface area contributed by atoms with Crippen LogP contribution in [0.2, 0.25) is 0 Å². The van der Waals surface area contributed by atoms with Gasteiger partial charge in [-0.05, 0) is 36.0 Å². The first-order valence-corrected chi connectivity index (χ1v) is 6.72. The van der Waals surface area contributed by atoms with Crippen LogP contribution in [0.15, 0.2) is 42.5 Å². The third-order valence-corrected chi connectivity index (χ3v) is 3.75. The standard InChI is InChI=1S/C17H21B/c1-12(2)16-10-6-9-15(17(16)18)11-14-8-5-4-7-13(14)3/h4-10,12H,11,18H2,1-3H3. The van der Waals surface area contributed by atoms with E-state index in [4.69, 9.17) is 0 Å². The molecular weight excluding hydrogens is 215 g/mol. The third kappa shape index (κ3) is 2.67. The minimum atomic E-state index is 0.599. The molecule has 0 aliphatic rings. The maximum Gasteiger partial charge on any atom is 0.140 e. The van der Waals surface area contributed by atoms with Crippen molar-refractivity contribution in [1.82, 2.24) is 0 Å². The fourth-order valence-electron chi connectivity index (χ4n) is 2.53. The quantitative estimate of drug-likeness (QED) is 0.719. The molecule has 0 spiro atoms. The molecule has 0 aliphatic carbocycles. The lowest BCUT2D eigenvalue weighted by Crippen LogP contribution is -2.17. The average molecular weight is 236 g/mol. The molecule has 2 aromatic carbocycles. The summed E-state index contributed by atoms with van der Waals surface area (Å²) in [5.41, 5.74) is 7.20. The molecule has 92 valence electrons. The Labute approximate surface area is 111 Å². The van der Waals surface area contributed by atoms with Crippen LogP contribution in [0.25, 0.3) is 0 Å². The normalized spacial score (nSPS) is 10.9. The van der Waals surface area contributed by atoms with E-state index in [1.807, 2.05) is 0 Å². The average Bonchev–Trinajstić information content (AvgIpc) is 2.34. The minimum absolute atomic E-state index is 0.599. The van der Waals surface area contributed by atoms with E-state index in [1.165, 1.54) is 27.7 Å². The van der Waals surface area contributed by atoms with Gasteiger partial charge < -0.3 is 0 Å². The fourth-order valence-corrected chi connectivity index (χ4v) is 2.53. The van der Waals surface area contributed by atoms with E-state index >= 15 is 0 Å². The molecule has 0 N–H and O–H groups in total. The van der Waals surface area contributed by atoms with Crippen molar-refractivity contribution < 1.29 is 0 Å². The molecule has 0 bridgehead atoms. The lowest BCUT2D eigenvalue weighted by molar-refractivity contribution is 0.871. The number of rotatable bonds is 3. The Morgan fingerprint density at radius 3 is 2.28 bits per heavy atom. The molecule has 0 unspecified atom stereocenters. The first-order valence-electron chi connectivity index (χ1n) is 6.72. The van der Waals surface area contributed by atoms with Crippen LogP contribution in [0.1, 0.15) is 42.0 Å². The maximum absolute atomic E-state index is 2.26. The highest BCUT2D eigenvalue weighted by Crippen LogP contribution is 2.16. The highest BCUT2D eigenvalue weighted by Gasteiger charge is 2.08. The second-order valence-electron chi connectivity index (χ2n) is 5.39. The van der Waals surface area contributed by atoms with E-state index in [0.717, 1.165) is 6.42 Å². The van der Waals surface area contributed by atoms with E-state index in [2.05, 4.69) is 71.1 Å². The van der Waals surface area contributed by atoms with E-state index in [9.17, 15) is 0 Å². The van der Waals surface area contributed by atoms with Gasteiger partial charge in [0.2, 0.25) is 0 Å². The zero-order chi connectivity index (χ0) is 13.1. The van der Waals surface area contributed by atoms with Crippen LogP contribution in [0.5, 0.6) is 0 Å². The predicted molar refractivity (Wildman–Crippen MR) is 82.7 cm³/mol. The van der Waals surface area contributed by atoms with Gasteiger partial charge in [0, 0.05) is 0 Å². The van der Waals surface area contributed by atoms with Crippen molar-refractivity contribution in [2.75, 3.05) is 0 Å². The van der Waals surface area contributed by atoms with E-state index in [-0.39, 0.29) is 0 Å². The van der Waals surface area contributed by atoms with E-state index in [0.29, 0.717) is 5.92 Å². The molecule has 2 rings (SSSR count). The minimum Gasteiger partial charge on any atom is -0.0821 e. The van der Waals surface area contributed by atoms with Crippen molar-refractivity contribution in [3.05, 3.63) is 64.7 Å². The molecule has 0 aliphatic heterocycles. The summed E-state index contributed by atoms with van der Waals surface area (Å²) in [6, 6.07) is 15.4. The smallest absolute Gasteiger partial charge is 0.0821 e. The Hall–Kier alpha value is -1.50. The van der Waals surface area contributed by atoms with Gasteiger partial charge in [-0.3, -0.25) is 0 Å². The van der Waals surface area contributed by atoms with Gasteiger partial charge in [0.05, 0.1) is 0 Å². The summed E-state index contributed by atoms with van der Waals surface area (Å²) in [4.78, 5) is 0. The van der Waals surface area contributed by atoms with Crippen LogP contribution in [0, 0.1) is 6.92 Å².